The van der Waals surface area contributed by atoms with Crippen LogP contribution in [-0.2, 0) is 14.3 Å². The van der Waals surface area contributed by atoms with Crippen LogP contribution in [0.3, 0.4) is 0 Å². The van der Waals surface area contributed by atoms with Gasteiger partial charge < -0.3 is 14.3 Å². The van der Waals surface area contributed by atoms with Crippen LogP contribution in [0.5, 0.6) is 0 Å². The van der Waals surface area contributed by atoms with Crippen LogP contribution >= 0.6 is 0 Å². The molecule has 1 rings (SSSR count). The molecular formula is C7H14O3. The highest BCUT2D eigenvalue weighted by Crippen LogP contribution is 2.02. The van der Waals surface area contributed by atoms with Crippen LogP contribution in [0.25, 0.3) is 0 Å². The van der Waals surface area contributed by atoms with Gasteiger partial charge in [0.2, 0.25) is 0 Å². The lowest BCUT2D eigenvalue weighted by Crippen LogP contribution is -1.84. The van der Waals surface area contributed by atoms with E-state index in [0.29, 0.717) is 6.61 Å². The van der Waals surface area contributed by atoms with Gasteiger partial charge in [0.25, 0.3) is 0 Å². The van der Waals surface area contributed by atoms with Crippen LogP contribution in [-0.4, -0.2) is 32.2 Å². The molecule has 0 aromatic carbocycles. The molecule has 0 aromatic heterocycles. The normalized spacial score (nSPS) is 20.8. The second-order valence-corrected chi connectivity index (χ2v) is 1.79. The summed E-state index contributed by atoms with van der Waals surface area (Å²) in [6, 6.07) is 0. The van der Waals surface area contributed by atoms with Gasteiger partial charge in [0.05, 0.1) is 6.61 Å². The molecule has 10 heavy (non-hydrogen) atoms. The fraction of sp³-hybridized carbons (Fsp3) is 0.857. The summed E-state index contributed by atoms with van der Waals surface area (Å²) in [7, 11) is 0. The number of ether oxygens (including phenoxy) is 2. The van der Waals surface area contributed by atoms with Crippen molar-refractivity contribution in [1.29, 1.82) is 0 Å². The maximum atomic E-state index is 9.44. The number of hydrogen-bond donors (Lipinski definition) is 0. The van der Waals surface area contributed by atoms with Gasteiger partial charge in [-0.05, 0) is 13.8 Å². The third-order valence-corrected chi connectivity index (χ3v) is 0.919. The lowest BCUT2D eigenvalue weighted by molar-refractivity contribution is -0.108. The number of hydrogen-bond acceptors (Lipinski definition) is 3. The highest BCUT2D eigenvalue weighted by Gasteiger charge is 2.19. The number of aldehydes is 1. The van der Waals surface area contributed by atoms with Gasteiger partial charge in [-0.1, -0.05) is 0 Å². The molecule has 3 nitrogen and oxygen atoms in total. The lowest BCUT2D eigenvalue weighted by Gasteiger charge is -1.86. The van der Waals surface area contributed by atoms with E-state index in [-0.39, 0.29) is 6.10 Å². The van der Waals surface area contributed by atoms with E-state index >= 15 is 0 Å². The van der Waals surface area contributed by atoms with Crippen molar-refractivity contribution in [3.63, 3.8) is 0 Å². The van der Waals surface area contributed by atoms with E-state index in [0.717, 1.165) is 19.5 Å². The maximum absolute atomic E-state index is 9.44. The van der Waals surface area contributed by atoms with E-state index in [9.17, 15) is 4.79 Å². The van der Waals surface area contributed by atoms with Gasteiger partial charge in [0.1, 0.15) is 6.10 Å². The SMILES string of the molecule is CCOCC.O=CC1CO1. The van der Waals surface area contributed by atoms with Crippen LogP contribution < -0.4 is 0 Å². The zero-order valence-corrected chi connectivity index (χ0v) is 6.50. The first-order valence-corrected chi connectivity index (χ1v) is 3.49. The second kappa shape index (κ2) is 6.71. The molecule has 60 valence electrons. The number of carbonyl (C=O) groups is 1. The van der Waals surface area contributed by atoms with Gasteiger partial charge in [-0.2, -0.15) is 0 Å². The Morgan fingerprint density at radius 2 is 2.10 bits per heavy atom. The highest BCUT2D eigenvalue weighted by atomic mass is 16.6. The summed E-state index contributed by atoms with van der Waals surface area (Å²) in [6.45, 7) is 6.31. The van der Waals surface area contributed by atoms with E-state index < -0.39 is 0 Å². The van der Waals surface area contributed by atoms with Gasteiger partial charge in [-0.15, -0.1) is 0 Å². The Bertz CT molecular complexity index is 76.9. The van der Waals surface area contributed by atoms with E-state index in [4.69, 9.17) is 4.74 Å². The second-order valence-electron chi connectivity index (χ2n) is 1.79. The number of epoxide rings is 1. The highest BCUT2D eigenvalue weighted by molar-refractivity contribution is 5.58. The summed E-state index contributed by atoms with van der Waals surface area (Å²) in [5.74, 6) is 0. The molecule has 1 unspecified atom stereocenters. The summed E-state index contributed by atoms with van der Waals surface area (Å²) in [4.78, 5) is 9.44. The molecule has 0 aromatic rings. The molecule has 1 fully saturated rings. The van der Waals surface area contributed by atoms with Crippen LogP contribution in [0.4, 0.5) is 0 Å². The van der Waals surface area contributed by atoms with Crippen molar-refractivity contribution in [3.05, 3.63) is 0 Å². The Labute approximate surface area is 61.3 Å². The van der Waals surface area contributed by atoms with E-state index in [1.54, 1.807) is 0 Å². The maximum Gasteiger partial charge on any atom is 0.151 e. The van der Waals surface area contributed by atoms with Crippen molar-refractivity contribution in [3.8, 4) is 0 Å². The largest absolute Gasteiger partial charge is 0.382 e. The summed E-state index contributed by atoms with van der Waals surface area (Å²) in [5, 5.41) is 0. The van der Waals surface area contributed by atoms with Crippen LogP contribution in [0.1, 0.15) is 13.8 Å². The molecule has 1 heterocycles. The molecule has 0 spiro atoms. The fourth-order valence-electron chi connectivity index (χ4n) is 0.338. The summed E-state index contributed by atoms with van der Waals surface area (Å²) >= 11 is 0. The van der Waals surface area contributed by atoms with Crippen molar-refractivity contribution in [2.45, 2.75) is 20.0 Å². The third-order valence-electron chi connectivity index (χ3n) is 0.919. The van der Waals surface area contributed by atoms with Gasteiger partial charge in [0, 0.05) is 13.2 Å². The van der Waals surface area contributed by atoms with Gasteiger partial charge >= 0.3 is 0 Å². The molecule has 0 radical (unpaired) electrons. The minimum absolute atomic E-state index is 0.0463. The monoisotopic (exact) mass is 146 g/mol. The molecule has 1 aliphatic rings. The molecule has 1 saturated heterocycles. The topological polar surface area (TPSA) is 38.8 Å². The lowest BCUT2D eigenvalue weighted by atomic mass is 10.6. The van der Waals surface area contributed by atoms with Crippen molar-refractivity contribution >= 4 is 6.29 Å². The fourth-order valence-corrected chi connectivity index (χ4v) is 0.338. The van der Waals surface area contributed by atoms with E-state index in [2.05, 4.69) is 4.74 Å². The van der Waals surface area contributed by atoms with Crippen molar-refractivity contribution < 1.29 is 14.3 Å². The Hall–Kier alpha value is -0.410. The standard InChI is InChI=1S/C4H10O.C3H4O2/c1-3-5-4-2;4-1-3-2-5-3/h3-4H2,1-2H3;1,3H,2H2. The molecule has 0 saturated carbocycles. The minimum atomic E-state index is -0.0463. The summed E-state index contributed by atoms with van der Waals surface area (Å²) in [5.41, 5.74) is 0. The van der Waals surface area contributed by atoms with Crippen LogP contribution in [0, 0.1) is 0 Å². The van der Waals surface area contributed by atoms with Gasteiger partial charge in [-0.25, -0.2) is 0 Å². The predicted molar refractivity (Wildman–Crippen MR) is 38.0 cm³/mol. The zero-order chi connectivity index (χ0) is 7.82. The van der Waals surface area contributed by atoms with Crippen molar-refractivity contribution in [2.75, 3.05) is 19.8 Å². The molecular weight excluding hydrogens is 132 g/mol. The smallest absolute Gasteiger partial charge is 0.151 e. The van der Waals surface area contributed by atoms with Crippen LogP contribution in [0.2, 0.25) is 0 Å². The Balaban J connectivity index is 0.000000162. The average molecular weight is 146 g/mol. The molecule has 0 amide bonds. The first-order valence-electron chi connectivity index (χ1n) is 3.49. The molecule has 0 bridgehead atoms. The molecule has 1 aliphatic heterocycles. The predicted octanol–water partition coefficient (Wildman–Crippen LogP) is 0.627. The third kappa shape index (κ3) is 7.59. The van der Waals surface area contributed by atoms with Crippen molar-refractivity contribution in [2.24, 2.45) is 0 Å². The van der Waals surface area contributed by atoms with Gasteiger partial charge in [0.15, 0.2) is 6.29 Å². The minimum Gasteiger partial charge on any atom is -0.382 e. The number of carbonyl (C=O) groups excluding carboxylic acids is 1. The Morgan fingerprint density at radius 3 is 2.10 bits per heavy atom. The first kappa shape index (κ1) is 9.59. The quantitative estimate of drug-likeness (QED) is 0.433. The van der Waals surface area contributed by atoms with Crippen LogP contribution in [0.15, 0.2) is 0 Å². The molecule has 3 heteroatoms. The first-order chi connectivity index (χ1) is 4.85. The Kier molecular flexibility index (Phi) is 6.43. The van der Waals surface area contributed by atoms with E-state index in [1.165, 1.54) is 0 Å². The molecule has 1 atom stereocenters. The Morgan fingerprint density at radius 1 is 1.60 bits per heavy atom. The van der Waals surface area contributed by atoms with E-state index in [1.807, 2.05) is 13.8 Å². The molecule has 0 aliphatic carbocycles. The summed E-state index contributed by atoms with van der Waals surface area (Å²) < 4.78 is 9.32. The summed E-state index contributed by atoms with van der Waals surface area (Å²) in [6.07, 6.45) is 0.759. The number of rotatable bonds is 3. The molecule has 0 N–H and O–H groups in total. The van der Waals surface area contributed by atoms with Crippen molar-refractivity contribution in [1.82, 2.24) is 0 Å². The average Bonchev–Trinajstić information content (AvgIpc) is 2.72. The zero-order valence-electron chi connectivity index (χ0n) is 6.50. The van der Waals surface area contributed by atoms with Gasteiger partial charge in [-0.3, -0.25) is 0 Å².